The Bertz CT molecular complexity index is 367. The second-order valence-corrected chi connectivity index (χ2v) is 3.89. The van der Waals surface area contributed by atoms with Gasteiger partial charge in [-0.05, 0) is 18.4 Å². The maximum atomic E-state index is 10.9. The summed E-state index contributed by atoms with van der Waals surface area (Å²) in [7, 11) is 0. The summed E-state index contributed by atoms with van der Waals surface area (Å²) in [6, 6.07) is -0.549. The number of nitrogens with zero attached hydrogens (tertiary/aromatic N) is 3. The molecule has 0 spiro atoms. The van der Waals surface area contributed by atoms with Gasteiger partial charge in [-0.3, -0.25) is 9.59 Å². The van der Waals surface area contributed by atoms with E-state index in [1.165, 1.54) is 13.8 Å². The Morgan fingerprint density at radius 3 is 2.67 bits per heavy atom. The van der Waals surface area contributed by atoms with E-state index in [2.05, 4.69) is 10.0 Å². The van der Waals surface area contributed by atoms with E-state index < -0.39 is 24.3 Å². The predicted octanol–water partition coefficient (Wildman–Crippen LogP) is 1.30. The number of hydrogen-bond acceptors (Lipinski definition) is 6. The van der Waals surface area contributed by atoms with Crippen molar-refractivity contribution in [2.24, 2.45) is 5.11 Å². The van der Waals surface area contributed by atoms with Crippen molar-refractivity contribution in [3.05, 3.63) is 10.4 Å². The number of ether oxygens (including phenoxy) is 3. The normalized spacial score (nSPS) is 26.9. The van der Waals surface area contributed by atoms with Crippen molar-refractivity contribution in [2.75, 3.05) is 6.61 Å². The molecule has 8 heteroatoms. The predicted molar refractivity (Wildman–Crippen MR) is 59.2 cm³/mol. The van der Waals surface area contributed by atoms with Crippen LogP contribution in [-0.2, 0) is 23.8 Å². The number of carbonyl (C=O) groups excluding carboxylic acids is 2. The van der Waals surface area contributed by atoms with Gasteiger partial charge in [0, 0.05) is 18.8 Å². The molecule has 1 aliphatic heterocycles. The van der Waals surface area contributed by atoms with Crippen LogP contribution < -0.4 is 0 Å². The molecule has 8 nitrogen and oxygen atoms in total. The van der Waals surface area contributed by atoms with Gasteiger partial charge in [0.1, 0.15) is 12.6 Å². The van der Waals surface area contributed by atoms with E-state index in [4.69, 9.17) is 19.7 Å². The molecule has 0 aromatic rings. The Balaban J connectivity index is 2.57. The quantitative estimate of drug-likeness (QED) is 0.326. The molecule has 0 saturated carbocycles. The van der Waals surface area contributed by atoms with Gasteiger partial charge in [0.05, 0.1) is 6.10 Å². The lowest BCUT2D eigenvalue weighted by Gasteiger charge is -2.33. The van der Waals surface area contributed by atoms with Gasteiger partial charge in [0.25, 0.3) is 0 Å². The van der Waals surface area contributed by atoms with Gasteiger partial charge < -0.3 is 14.2 Å². The summed E-state index contributed by atoms with van der Waals surface area (Å²) in [5, 5.41) is 3.52. The van der Waals surface area contributed by atoms with E-state index in [1.54, 1.807) is 0 Å². The minimum Gasteiger partial charge on any atom is -0.463 e. The summed E-state index contributed by atoms with van der Waals surface area (Å²) in [5.74, 6) is -0.925. The molecule has 0 amide bonds. The first-order chi connectivity index (χ1) is 8.52. The zero-order valence-electron chi connectivity index (χ0n) is 10.2. The molecule has 1 fully saturated rings. The van der Waals surface area contributed by atoms with Crippen LogP contribution in [0.3, 0.4) is 0 Å². The van der Waals surface area contributed by atoms with Crippen molar-refractivity contribution in [1.29, 1.82) is 0 Å². The smallest absolute Gasteiger partial charge is 0.304 e. The molecule has 0 radical (unpaired) electrons. The summed E-state index contributed by atoms with van der Waals surface area (Å²) in [6.07, 6.45) is -0.209. The Hall–Kier alpha value is -1.79. The number of azide groups is 1. The van der Waals surface area contributed by atoms with Crippen molar-refractivity contribution in [1.82, 2.24) is 0 Å². The van der Waals surface area contributed by atoms with E-state index in [9.17, 15) is 9.59 Å². The van der Waals surface area contributed by atoms with Crippen LogP contribution >= 0.6 is 0 Å². The summed E-state index contributed by atoms with van der Waals surface area (Å²) < 4.78 is 15.2. The highest BCUT2D eigenvalue weighted by molar-refractivity contribution is 5.66. The molecule has 100 valence electrons. The van der Waals surface area contributed by atoms with Gasteiger partial charge in [0.2, 0.25) is 6.29 Å². The third kappa shape index (κ3) is 4.60. The average molecular weight is 257 g/mol. The van der Waals surface area contributed by atoms with Crippen molar-refractivity contribution >= 4 is 11.9 Å². The van der Waals surface area contributed by atoms with Crippen LogP contribution in [0.1, 0.15) is 26.7 Å². The molecule has 1 unspecified atom stereocenters. The highest BCUT2D eigenvalue weighted by Gasteiger charge is 2.33. The van der Waals surface area contributed by atoms with E-state index in [0.717, 1.165) is 0 Å². The number of hydrogen-bond donors (Lipinski definition) is 0. The number of esters is 2. The van der Waals surface area contributed by atoms with Gasteiger partial charge in [-0.2, -0.15) is 0 Å². The van der Waals surface area contributed by atoms with Crippen molar-refractivity contribution in [3.63, 3.8) is 0 Å². The lowest BCUT2D eigenvalue weighted by molar-refractivity contribution is -0.213. The van der Waals surface area contributed by atoms with E-state index >= 15 is 0 Å². The maximum absolute atomic E-state index is 10.9. The molecule has 1 rings (SSSR count). The Kier molecular flexibility index (Phi) is 5.41. The fraction of sp³-hybridized carbons (Fsp3) is 0.800. The molecular formula is C10H15N3O5. The Morgan fingerprint density at radius 2 is 2.11 bits per heavy atom. The second kappa shape index (κ2) is 6.83. The molecule has 18 heavy (non-hydrogen) atoms. The van der Waals surface area contributed by atoms with Gasteiger partial charge in [0.15, 0.2) is 0 Å². The lowest BCUT2D eigenvalue weighted by Crippen LogP contribution is -2.42. The van der Waals surface area contributed by atoms with Crippen molar-refractivity contribution in [3.8, 4) is 0 Å². The van der Waals surface area contributed by atoms with E-state index in [1.807, 2.05) is 0 Å². The molecule has 3 atom stereocenters. The third-order valence-corrected chi connectivity index (χ3v) is 2.38. The first-order valence-electron chi connectivity index (χ1n) is 5.53. The van der Waals surface area contributed by atoms with E-state index in [-0.39, 0.29) is 12.7 Å². The number of rotatable bonds is 4. The number of carbonyl (C=O) groups is 2. The van der Waals surface area contributed by atoms with Gasteiger partial charge in [-0.25, -0.2) is 0 Å². The molecule has 1 aliphatic rings. The molecule has 0 bridgehead atoms. The monoisotopic (exact) mass is 257 g/mol. The first kappa shape index (κ1) is 14.3. The van der Waals surface area contributed by atoms with E-state index in [0.29, 0.717) is 12.8 Å². The zero-order valence-corrected chi connectivity index (χ0v) is 10.2. The topological polar surface area (TPSA) is 111 Å². The summed E-state index contributed by atoms with van der Waals surface area (Å²) in [5.41, 5.74) is 8.41. The molecule has 1 saturated heterocycles. The Labute approximate surface area is 104 Å². The fourth-order valence-electron chi connectivity index (χ4n) is 1.62. The second-order valence-electron chi connectivity index (χ2n) is 3.89. The van der Waals surface area contributed by atoms with Gasteiger partial charge in [-0.1, -0.05) is 5.11 Å². The zero-order chi connectivity index (χ0) is 13.5. The molecule has 0 aromatic carbocycles. The van der Waals surface area contributed by atoms with Crippen LogP contribution in [-0.4, -0.2) is 37.0 Å². The van der Waals surface area contributed by atoms with Crippen molar-refractivity contribution < 1.29 is 23.8 Å². The fourth-order valence-corrected chi connectivity index (χ4v) is 1.62. The molecular weight excluding hydrogens is 242 g/mol. The minimum atomic E-state index is -0.923. The van der Waals surface area contributed by atoms with Crippen molar-refractivity contribution in [2.45, 2.75) is 45.1 Å². The standard InChI is InChI=1S/C10H15N3O5/c1-6(14)16-5-8-3-4-9(12-13-11)10(18-8)17-7(2)15/h8-10H,3-5H2,1-2H3/t8-,9-,10?/m0/s1. The molecule has 0 N–H and O–H groups in total. The van der Waals surface area contributed by atoms with Gasteiger partial charge >= 0.3 is 11.9 Å². The molecule has 0 aromatic heterocycles. The van der Waals surface area contributed by atoms with Crippen LogP contribution in [0.5, 0.6) is 0 Å². The van der Waals surface area contributed by atoms with Gasteiger partial charge in [-0.15, -0.1) is 0 Å². The summed E-state index contributed by atoms with van der Waals surface area (Å²) in [4.78, 5) is 24.3. The van der Waals surface area contributed by atoms with Crippen LogP contribution in [0.2, 0.25) is 0 Å². The van der Waals surface area contributed by atoms with Crippen LogP contribution in [0.25, 0.3) is 10.4 Å². The first-order valence-corrected chi connectivity index (χ1v) is 5.53. The molecule has 1 heterocycles. The minimum absolute atomic E-state index is 0.0933. The highest BCUT2D eigenvalue weighted by atomic mass is 16.7. The molecule has 0 aliphatic carbocycles. The largest absolute Gasteiger partial charge is 0.463 e. The summed E-state index contributed by atoms with van der Waals surface area (Å²) in [6.45, 7) is 2.64. The van der Waals surface area contributed by atoms with Crippen LogP contribution in [0.4, 0.5) is 0 Å². The lowest BCUT2D eigenvalue weighted by atomic mass is 10.0. The van der Waals surface area contributed by atoms with Crippen LogP contribution in [0, 0.1) is 0 Å². The SMILES string of the molecule is CC(=O)OC[C@@H]1CC[C@H](N=[N+]=[N-])C(OC(C)=O)O1. The maximum Gasteiger partial charge on any atom is 0.304 e. The van der Waals surface area contributed by atoms with Crippen LogP contribution in [0.15, 0.2) is 5.11 Å². The Morgan fingerprint density at radius 1 is 1.39 bits per heavy atom. The summed E-state index contributed by atoms with van der Waals surface area (Å²) >= 11 is 0. The highest BCUT2D eigenvalue weighted by Crippen LogP contribution is 2.23. The third-order valence-electron chi connectivity index (χ3n) is 2.38. The average Bonchev–Trinajstić information content (AvgIpc) is 2.29.